The molecule has 0 aromatic rings. The second-order valence-electron chi connectivity index (χ2n) is 4.40. The van der Waals surface area contributed by atoms with Gasteiger partial charge in [0.2, 0.25) is 5.91 Å². The Morgan fingerprint density at radius 1 is 1.38 bits per heavy atom. The summed E-state index contributed by atoms with van der Waals surface area (Å²) in [6.45, 7) is 4.53. The topological polar surface area (TPSA) is 41.6 Å². The van der Waals surface area contributed by atoms with E-state index in [0.717, 1.165) is 19.5 Å². The molecule has 0 aliphatic carbocycles. The Morgan fingerprint density at radius 2 is 2.12 bits per heavy atom. The highest BCUT2D eigenvalue weighted by molar-refractivity contribution is 5.85. The molecule has 16 heavy (non-hydrogen) atoms. The normalized spacial score (nSPS) is 28.4. The molecule has 94 valence electrons. The first-order valence-corrected chi connectivity index (χ1v) is 5.91. The summed E-state index contributed by atoms with van der Waals surface area (Å²) in [7, 11) is 0. The van der Waals surface area contributed by atoms with Crippen LogP contribution in [0.25, 0.3) is 0 Å². The molecule has 2 bridgehead atoms. The van der Waals surface area contributed by atoms with Crippen molar-refractivity contribution in [2.45, 2.75) is 38.3 Å². The molecule has 2 rings (SSSR count). The predicted octanol–water partition coefficient (Wildman–Crippen LogP) is 0.798. The first-order valence-electron chi connectivity index (χ1n) is 5.91. The van der Waals surface area contributed by atoms with Gasteiger partial charge < -0.3 is 15.0 Å². The van der Waals surface area contributed by atoms with Crippen LogP contribution in [0.2, 0.25) is 0 Å². The lowest BCUT2D eigenvalue weighted by Gasteiger charge is -2.24. The number of halogens is 1. The highest BCUT2D eigenvalue weighted by Gasteiger charge is 2.30. The molecule has 2 fully saturated rings. The number of rotatable bonds is 3. The van der Waals surface area contributed by atoms with Crippen molar-refractivity contribution < 1.29 is 9.53 Å². The molecule has 2 saturated heterocycles. The van der Waals surface area contributed by atoms with Crippen LogP contribution in [0.15, 0.2) is 0 Å². The van der Waals surface area contributed by atoms with E-state index in [4.69, 9.17) is 4.74 Å². The van der Waals surface area contributed by atoms with Crippen LogP contribution in [0, 0.1) is 0 Å². The second kappa shape index (κ2) is 6.42. The lowest BCUT2D eigenvalue weighted by atomic mass is 10.1. The van der Waals surface area contributed by atoms with E-state index < -0.39 is 0 Å². The molecule has 4 nitrogen and oxygen atoms in total. The van der Waals surface area contributed by atoms with E-state index in [-0.39, 0.29) is 24.9 Å². The first-order chi connectivity index (χ1) is 7.29. The minimum atomic E-state index is 0. The van der Waals surface area contributed by atoms with E-state index in [1.807, 2.05) is 11.8 Å². The fourth-order valence-corrected chi connectivity index (χ4v) is 2.45. The van der Waals surface area contributed by atoms with Crippen LogP contribution in [-0.4, -0.2) is 49.2 Å². The highest BCUT2D eigenvalue weighted by atomic mass is 35.5. The lowest BCUT2D eigenvalue weighted by Crippen LogP contribution is -2.40. The van der Waals surface area contributed by atoms with Gasteiger partial charge >= 0.3 is 0 Å². The Kier molecular flexibility index (Phi) is 5.52. The van der Waals surface area contributed by atoms with Crippen molar-refractivity contribution in [1.82, 2.24) is 10.2 Å². The number of amides is 1. The van der Waals surface area contributed by atoms with Gasteiger partial charge in [-0.15, -0.1) is 12.4 Å². The summed E-state index contributed by atoms with van der Waals surface area (Å²) in [5.41, 5.74) is 0. The SMILES string of the molecule is CCOCC(=O)N1CCC2CCC(C1)N2.Cl. The zero-order valence-corrected chi connectivity index (χ0v) is 10.6. The van der Waals surface area contributed by atoms with Gasteiger partial charge in [-0.05, 0) is 26.2 Å². The Morgan fingerprint density at radius 3 is 2.88 bits per heavy atom. The number of hydrogen-bond acceptors (Lipinski definition) is 3. The minimum absolute atomic E-state index is 0. The highest BCUT2D eigenvalue weighted by Crippen LogP contribution is 2.20. The summed E-state index contributed by atoms with van der Waals surface area (Å²) in [6, 6.07) is 1.16. The number of hydrogen-bond donors (Lipinski definition) is 1. The van der Waals surface area contributed by atoms with E-state index in [2.05, 4.69) is 5.32 Å². The van der Waals surface area contributed by atoms with Crippen molar-refractivity contribution in [1.29, 1.82) is 0 Å². The largest absolute Gasteiger partial charge is 0.372 e. The second-order valence-corrected chi connectivity index (χ2v) is 4.40. The van der Waals surface area contributed by atoms with Crippen LogP contribution in [-0.2, 0) is 9.53 Å². The van der Waals surface area contributed by atoms with Gasteiger partial charge in [0.05, 0.1) is 0 Å². The maximum Gasteiger partial charge on any atom is 0.248 e. The van der Waals surface area contributed by atoms with Gasteiger partial charge in [0, 0.05) is 31.8 Å². The Bertz CT molecular complexity index is 238. The summed E-state index contributed by atoms with van der Waals surface area (Å²) in [5.74, 6) is 0.145. The molecule has 2 atom stereocenters. The molecule has 0 spiro atoms. The molecule has 0 saturated carbocycles. The van der Waals surface area contributed by atoms with E-state index in [0.29, 0.717) is 18.7 Å². The van der Waals surface area contributed by atoms with E-state index in [1.165, 1.54) is 12.8 Å². The van der Waals surface area contributed by atoms with Gasteiger partial charge in [0.25, 0.3) is 0 Å². The number of fused-ring (bicyclic) bond motifs is 2. The van der Waals surface area contributed by atoms with E-state index in [9.17, 15) is 4.79 Å². The monoisotopic (exact) mass is 248 g/mol. The van der Waals surface area contributed by atoms with Crippen LogP contribution in [0.3, 0.4) is 0 Å². The van der Waals surface area contributed by atoms with Gasteiger partial charge in [-0.25, -0.2) is 0 Å². The van der Waals surface area contributed by atoms with Crippen molar-refractivity contribution in [2.24, 2.45) is 0 Å². The number of carbonyl (C=O) groups excluding carboxylic acids is 1. The molecule has 1 amide bonds. The molecule has 2 heterocycles. The van der Waals surface area contributed by atoms with Gasteiger partial charge in [-0.1, -0.05) is 0 Å². The van der Waals surface area contributed by atoms with Crippen LogP contribution in [0.5, 0.6) is 0 Å². The lowest BCUT2D eigenvalue weighted by molar-refractivity contribution is -0.136. The number of likely N-dealkylation sites (tertiary alicyclic amines) is 1. The summed E-state index contributed by atoms with van der Waals surface area (Å²) >= 11 is 0. The summed E-state index contributed by atoms with van der Waals surface area (Å²) < 4.78 is 5.16. The minimum Gasteiger partial charge on any atom is -0.372 e. The van der Waals surface area contributed by atoms with Gasteiger partial charge in [0.15, 0.2) is 0 Å². The third-order valence-electron chi connectivity index (χ3n) is 3.31. The van der Waals surface area contributed by atoms with E-state index in [1.54, 1.807) is 0 Å². The van der Waals surface area contributed by atoms with Gasteiger partial charge in [0.1, 0.15) is 6.61 Å². The van der Waals surface area contributed by atoms with Gasteiger partial charge in [-0.2, -0.15) is 0 Å². The predicted molar refractivity (Wildman–Crippen MR) is 64.9 cm³/mol. The third-order valence-corrected chi connectivity index (χ3v) is 3.31. The van der Waals surface area contributed by atoms with Crippen molar-refractivity contribution >= 4 is 18.3 Å². The van der Waals surface area contributed by atoms with Crippen LogP contribution in [0.4, 0.5) is 0 Å². The number of ether oxygens (including phenoxy) is 1. The molecular formula is C11H21ClN2O2. The van der Waals surface area contributed by atoms with Gasteiger partial charge in [-0.3, -0.25) is 4.79 Å². The fraction of sp³-hybridized carbons (Fsp3) is 0.909. The molecule has 0 aromatic heterocycles. The number of nitrogens with one attached hydrogen (secondary N) is 1. The van der Waals surface area contributed by atoms with Crippen LogP contribution in [0.1, 0.15) is 26.2 Å². The van der Waals surface area contributed by atoms with Crippen molar-refractivity contribution in [2.75, 3.05) is 26.3 Å². The zero-order chi connectivity index (χ0) is 10.7. The van der Waals surface area contributed by atoms with Crippen molar-refractivity contribution in [3.63, 3.8) is 0 Å². The fourth-order valence-electron chi connectivity index (χ4n) is 2.45. The van der Waals surface area contributed by atoms with E-state index >= 15 is 0 Å². The van der Waals surface area contributed by atoms with Crippen LogP contribution < -0.4 is 5.32 Å². The zero-order valence-electron chi connectivity index (χ0n) is 9.78. The maximum atomic E-state index is 11.8. The Hall–Kier alpha value is -0.320. The molecule has 0 radical (unpaired) electrons. The summed E-state index contributed by atoms with van der Waals surface area (Å²) in [6.07, 6.45) is 3.58. The third kappa shape index (κ3) is 3.34. The molecule has 2 aliphatic heterocycles. The molecule has 5 heteroatoms. The smallest absolute Gasteiger partial charge is 0.248 e. The van der Waals surface area contributed by atoms with Crippen molar-refractivity contribution in [3.05, 3.63) is 0 Å². The summed E-state index contributed by atoms with van der Waals surface area (Å²) in [4.78, 5) is 13.7. The Balaban J connectivity index is 0.00000128. The average molecular weight is 249 g/mol. The van der Waals surface area contributed by atoms with Crippen molar-refractivity contribution in [3.8, 4) is 0 Å². The number of nitrogens with zero attached hydrogens (tertiary/aromatic N) is 1. The molecule has 1 N–H and O–H groups in total. The molecule has 2 aliphatic rings. The van der Waals surface area contributed by atoms with Crippen LogP contribution >= 0.6 is 12.4 Å². The molecule has 2 unspecified atom stereocenters. The first kappa shape index (κ1) is 13.7. The number of carbonyl (C=O) groups is 1. The maximum absolute atomic E-state index is 11.8. The average Bonchev–Trinajstić information content (AvgIpc) is 2.55. The standard InChI is InChI=1S/C11H20N2O2.ClH/c1-2-15-8-11(14)13-6-5-9-3-4-10(7-13)12-9;/h9-10,12H,2-8H2,1H3;1H. The Labute approximate surface area is 103 Å². The summed E-state index contributed by atoms with van der Waals surface area (Å²) in [5, 5.41) is 3.56. The molecular weight excluding hydrogens is 228 g/mol. The molecule has 0 aromatic carbocycles. The quantitative estimate of drug-likeness (QED) is 0.803.